The molecule has 1 aliphatic rings. The molecule has 0 aromatic heterocycles. The van der Waals surface area contributed by atoms with E-state index in [9.17, 15) is 0 Å². The van der Waals surface area contributed by atoms with Crippen molar-refractivity contribution in [1.82, 2.24) is 10.2 Å². The Hall–Kier alpha value is -0.580. The van der Waals surface area contributed by atoms with Crippen LogP contribution in [0.25, 0.3) is 0 Å². The minimum atomic E-state index is 0.518. The largest absolute Gasteiger partial charge is 0.372 e. The fraction of sp³-hybridized carbons (Fsp3) is 0.647. The zero-order chi connectivity index (χ0) is 15.4. The quantitative estimate of drug-likeness (QED) is 0.844. The fourth-order valence-electron chi connectivity index (χ4n) is 2.92. The summed E-state index contributed by atoms with van der Waals surface area (Å²) in [5.74, 6) is 0. The lowest BCUT2D eigenvalue weighted by Crippen LogP contribution is -2.36. The van der Waals surface area contributed by atoms with Gasteiger partial charge in [0.15, 0.2) is 0 Å². The van der Waals surface area contributed by atoms with Crippen molar-refractivity contribution in [3.8, 4) is 0 Å². The number of anilines is 1. The molecule has 0 bridgehead atoms. The summed E-state index contributed by atoms with van der Waals surface area (Å²) in [6.07, 6.45) is 2.64. The van der Waals surface area contributed by atoms with E-state index in [4.69, 9.17) is 0 Å². The van der Waals surface area contributed by atoms with Gasteiger partial charge in [0.25, 0.3) is 0 Å². The summed E-state index contributed by atoms with van der Waals surface area (Å²) in [4.78, 5) is 4.85. The first-order valence-corrected chi connectivity index (χ1v) is 8.70. The second-order valence-corrected chi connectivity index (χ2v) is 7.33. The first-order chi connectivity index (χ1) is 9.97. The van der Waals surface area contributed by atoms with Gasteiger partial charge in [-0.25, -0.2) is 0 Å². The molecule has 1 unspecified atom stereocenters. The number of halogens is 1. The maximum absolute atomic E-state index is 3.74. The van der Waals surface area contributed by atoms with E-state index in [1.54, 1.807) is 0 Å². The van der Waals surface area contributed by atoms with Crippen molar-refractivity contribution in [2.45, 2.75) is 45.3 Å². The van der Waals surface area contributed by atoms with E-state index in [1.807, 2.05) is 0 Å². The average Bonchev–Trinajstić information content (AvgIpc) is 2.82. The Balaban J connectivity index is 1.99. The standard InChI is InChI=1S/C17H28BrN3/c1-13(2)19-11-14-7-8-17(16(18)10-14)21(4)12-15-6-5-9-20(15)3/h7-8,10,13,15,19H,5-6,9,11-12H2,1-4H3. The number of hydrogen-bond acceptors (Lipinski definition) is 3. The molecule has 1 N–H and O–H groups in total. The first-order valence-electron chi connectivity index (χ1n) is 7.90. The number of rotatable bonds is 6. The second kappa shape index (κ2) is 7.61. The highest BCUT2D eigenvalue weighted by Crippen LogP contribution is 2.28. The lowest BCUT2D eigenvalue weighted by molar-refractivity contribution is 0.314. The maximum atomic E-state index is 3.74. The van der Waals surface area contributed by atoms with Gasteiger partial charge in [-0.15, -0.1) is 0 Å². The highest BCUT2D eigenvalue weighted by Gasteiger charge is 2.22. The number of benzene rings is 1. The summed E-state index contributed by atoms with van der Waals surface area (Å²) >= 11 is 3.74. The molecule has 3 nitrogen and oxygen atoms in total. The van der Waals surface area contributed by atoms with E-state index in [-0.39, 0.29) is 0 Å². The van der Waals surface area contributed by atoms with Gasteiger partial charge in [-0.2, -0.15) is 0 Å². The van der Waals surface area contributed by atoms with Crippen molar-refractivity contribution >= 4 is 21.6 Å². The number of nitrogens with one attached hydrogen (secondary N) is 1. The Labute approximate surface area is 137 Å². The van der Waals surface area contributed by atoms with Crippen LogP contribution in [0, 0.1) is 0 Å². The smallest absolute Gasteiger partial charge is 0.0508 e. The summed E-state index contributed by atoms with van der Waals surface area (Å²) in [5, 5.41) is 3.46. The molecular weight excluding hydrogens is 326 g/mol. The van der Waals surface area contributed by atoms with Crippen LogP contribution in [0.1, 0.15) is 32.3 Å². The summed E-state index contributed by atoms with van der Waals surface area (Å²) in [6.45, 7) is 7.61. The Morgan fingerprint density at radius 2 is 2.19 bits per heavy atom. The van der Waals surface area contributed by atoms with Crippen molar-refractivity contribution in [2.24, 2.45) is 0 Å². The van der Waals surface area contributed by atoms with Gasteiger partial charge in [0, 0.05) is 36.7 Å². The molecule has 0 amide bonds. The Kier molecular flexibility index (Phi) is 6.08. The average molecular weight is 354 g/mol. The zero-order valence-electron chi connectivity index (χ0n) is 13.7. The van der Waals surface area contributed by atoms with Crippen molar-refractivity contribution in [3.05, 3.63) is 28.2 Å². The lowest BCUT2D eigenvalue weighted by atomic mass is 10.1. The van der Waals surface area contributed by atoms with Gasteiger partial charge < -0.3 is 15.1 Å². The first kappa shape index (κ1) is 16.8. The lowest BCUT2D eigenvalue weighted by Gasteiger charge is -2.28. The van der Waals surface area contributed by atoms with Crippen molar-refractivity contribution in [2.75, 3.05) is 32.1 Å². The van der Waals surface area contributed by atoms with E-state index >= 15 is 0 Å². The predicted molar refractivity (Wildman–Crippen MR) is 95.0 cm³/mol. The Bertz CT molecular complexity index is 461. The summed E-state index contributed by atoms with van der Waals surface area (Å²) in [7, 11) is 4.43. The van der Waals surface area contributed by atoms with Crippen molar-refractivity contribution < 1.29 is 0 Å². The fourth-order valence-corrected chi connectivity index (χ4v) is 3.65. The molecule has 1 saturated heterocycles. The van der Waals surface area contributed by atoms with Gasteiger partial charge in [0.2, 0.25) is 0 Å². The SMILES string of the molecule is CC(C)NCc1ccc(N(C)CC2CCCN2C)c(Br)c1. The van der Waals surface area contributed by atoms with Gasteiger partial charge >= 0.3 is 0 Å². The van der Waals surface area contributed by atoms with Gasteiger partial charge in [-0.05, 0) is 60.1 Å². The van der Waals surface area contributed by atoms with E-state index in [0.29, 0.717) is 12.1 Å². The van der Waals surface area contributed by atoms with E-state index in [1.165, 1.54) is 35.1 Å². The molecule has 0 spiro atoms. The Morgan fingerprint density at radius 3 is 2.76 bits per heavy atom. The number of hydrogen-bond donors (Lipinski definition) is 1. The van der Waals surface area contributed by atoms with Gasteiger partial charge in [-0.3, -0.25) is 0 Å². The predicted octanol–water partition coefficient (Wildman–Crippen LogP) is 3.48. The molecule has 0 saturated carbocycles. The van der Waals surface area contributed by atoms with Crippen LogP contribution in [-0.4, -0.2) is 44.2 Å². The van der Waals surface area contributed by atoms with Crippen LogP contribution in [0.4, 0.5) is 5.69 Å². The highest BCUT2D eigenvalue weighted by molar-refractivity contribution is 9.10. The molecule has 1 fully saturated rings. The van der Waals surface area contributed by atoms with Gasteiger partial charge in [-0.1, -0.05) is 19.9 Å². The molecule has 1 heterocycles. The number of likely N-dealkylation sites (tertiary alicyclic amines) is 1. The zero-order valence-corrected chi connectivity index (χ0v) is 15.3. The van der Waals surface area contributed by atoms with E-state index in [2.05, 4.69) is 77.2 Å². The van der Waals surface area contributed by atoms with Crippen LogP contribution in [0.15, 0.2) is 22.7 Å². The summed E-state index contributed by atoms with van der Waals surface area (Å²) in [5.41, 5.74) is 2.61. The number of likely N-dealkylation sites (N-methyl/N-ethyl adjacent to an activating group) is 2. The molecule has 0 radical (unpaired) electrons. The van der Waals surface area contributed by atoms with Gasteiger partial charge in [0.05, 0.1) is 5.69 Å². The molecule has 2 rings (SSSR count). The Morgan fingerprint density at radius 1 is 1.43 bits per heavy atom. The molecule has 1 aromatic rings. The molecule has 1 aromatic carbocycles. The number of nitrogens with zero attached hydrogens (tertiary/aromatic N) is 2. The van der Waals surface area contributed by atoms with Crippen LogP contribution in [0.5, 0.6) is 0 Å². The molecule has 4 heteroatoms. The van der Waals surface area contributed by atoms with Crippen LogP contribution in [-0.2, 0) is 6.54 Å². The molecule has 21 heavy (non-hydrogen) atoms. The molecule has 1 atom stereocenters. The van der Waals surface area contributed by atoms with Crippen LogP contribution in [0.3, 0.4) is 0 Å². The van der Waals surface area contributed by atoms with Crippen molar-refractivity contribution in [1.29, 1.82) is 0 Å². The van der Waals surface area contributed by atoms with Gasteiger partial charge in [0.1, 0.15) is 0 Å². The van der Waals surface area contributed by atoms with Crippen LogP contribution in [0.2, 0.25) is 0 Å². The summed E-state index contributed by atoms with van der Waals surface area (Å²) in [6, 6.07) is 7.90. The third-order valence-corrected chi connectivity index (χ3v) is 4.93. The molecule has 0 aliphatic carbocycles. The van der Waals surface area contributed by atoms with E-state index in [0.717, 1.165) is 13.1 Å². The third kappa shape index (κ3) is 4.70. The minimum absolute atomic E-state index is 0.518. The van der Waals surface area contributed by atoms with Crippen molar-refractivity contribution in [3.63, 3.8) is 0 Å². The molecule has 1 aliphatic heterocycles. The maximum Gasteiger partial charge on any atom is 0.0508 e. The minimum Gasteiger partial charge on any atom is -0.372 e. The molecule has 118 valence electrons. The topological polar surface area (TPSA) is 18.5 Å². The monoisotopic (exact) mass is 353 g/mol. The highest BCUT2D eigenvalue weighted by atomic mass is 79.9. The van der Waals surface area contributed by atoms with Crippen LogP contribution >= 0.6 is 15.9 Å². The third-order valence-electron chi connectivity index (χ3n) is 4.29. The summed E-state index contributed by atoms with van der Waals surface area (Å²) < 4.78 is 1.19. The normalized spacial score (nSPS) is 19.4. The second-order valence-electron chi connectivity index (χ2n) is 6.48. The van der Waals surface area contributed by atoms with E-state index < -0.39 is 0 Å². The van der Waals surface area contributed by atoms with Crippen LogP contribution < -0.4 is 10.2 Å². The molecular formula is C17H28BrN3.